The molecule has 1 aromatic heterocycles. The quantitative estimate of drug-likeness (QED) is 0.702. The number of nitrogens with one attached hydrogen (secondary N) is 1. The van der Waals surface area contributed by atoms with Crippen LogP contribution in [0.5, 0.6) is 0 Å². The van der Waals surface area contributed by atoms with Crippen molar-refractivity contribution < 1.29 is 4.39 Å². The molecule has 0 saturated carbocycles. The van der Waals surface area contributed by atoms with Gasteiger partial charge in [-0.05, 0) is 34.7 Å². The van der Waals surface area contributed by atoms with E-state index in [0.717, 1.165) is 9.09 Å². The largest absolute Gasteiger partial charge is 0.360 e. The number of halogens is 2. The molecule has 1 aromatic carbocycles. The normalized spacial score (nSPS) is 10.7. The zero-order valence-corrected chi connectivity index (χ0v) is 7.72. The summed E-state index contributed by atoms with van der Waals surface area (Å²) >= 11 is 2.11. The molecule has 0 spiro atoms. The van der Waals surface area contributed by atoms with Crippen LogP contribution in [-0.2, 0) is 0 Å². The highest BCUT2D eigenvalue weighted by molar-refractivity contribution is 14.1. The van der Waals surface area contributed by atoms with E-state index < -0.39 is 0 Å². The summed E-state index contributed by atoms with van der Waals surface area (Å²) in [7, 11) is 0. The van der Waals surface area contributed by atoms with Crippen molar-refractivity contribution in [3.05, 3.63) is 33.8 Å². The number of benzene rings is 1. The maximum absolute atomic E-state index is 13.1. The van der Waals surface area contributed by atoms with E-state index in [-0.39, 0.29) is 5.82 Å². The molecule has 1 heterocycles. The highest BCUT2D eigenvalue weighted by atomic mass is 127. The van der Waals surface area contributed by atoms with Gasteiger partial charge in [0.15, 0.2) is 0 Å². The van der Waals surface area contributed by atoms with Crippen LogP contribution in [0.1, 0.15) is 0 Å². The zero-order valence-electron chi connectivity index (χ0n) is 5.57. The molecule has 0 saturated heterocycles. The van der Waals surface area contributed by atoms with Crippen LogP contribution in [0.2, 0.25) is 0 Å². The van der Waals surface area contributed by atoms with Crippen molar-refractivity contribution in [1.29, 1.82) is 0 Å². The van der Waals surface area contributed by atoms with E-state index in [9.17, 15) is 4.39 Å². The van der Waals surface area contributed by atoms with Crippen molar-refractivity contribution in [3.63, 3.8) is 0 Å². The summed E-state index contributed by atoms with van der Waals surface area (Å²) in [5, 5.41) is 0.688. The molecule has 56 valence electrons. The Morgan fingerprint density at radius 1 is 1.36 bits per heavy atom. The molecule has 2 rings (SSSR count). The maximum Gasteiger partial charge on any atom is 0.133 e. The van der Waals surface area contributed by atoms with Crippen molar-refractivity contribution in [2.45, 2.75) is 0 Å². The number of aromatic amines is 1. The van der Waals surface area contributed by atoms with Crippen molar-refractivity contribution in [1.82, 2.24) is 4.98 Å². The fraction of sp³-hybridized carbons (Fsp3) is 0. The predicted octanol–water partition coefficient (Wildman–Crippen LogP) is 2.91. The Bertz CT molecular complexity index is 394. The maximum atomic E-state index is 13.1. The van der Waals surface area contributed by atoms with Gasteiger partial charge in [0, 0.05) is 20.7 Å². The molecule has 0 unspecified atom stereocenters. The van der Waals surface area contributed by atoms with E-state index in [4.69, 9.17) is 0 Å². The SMILES string of the molecule is Fc1cccc2[nH]cc(I)c12. The summed E-state index contributed by atoms with van der Waals surface area (Å²) in [6, 6.07) is 5.03. The van der Waals surface area contributed by atoms with Crippen LogP contribution in [-0.4, -0.2) is 4.98 Å². The summed E-state index contributed by atoms with van der Waals surface area (Å²) < 4.78 is 14.0. The Morgan fingerprint density at radius 3 is 2.91 bits per heavy atom. The second-order valence-corrected chi connectivity index (χ2v) is 3.46. The third-order valence-electron chi connectivity index (χ3n) is 1.61. The summed E-state index contributed by atoms with van der Waals surface area (Å²) in [5.74, 6) is -0.159. The van der Waals surface area contributed by atoms with Gasteiger partial charge in [0.1, 0.15) is 5.82 Å². The number of hydrogen-bond acceptors (Lipinski definition) is 0. The highest BCUT2D eigenvalue weighted by Crippen LogP contribution is 2.22. The van der Waals surface area contributed by atoms with Gasteiger partial charge in [-0.3, -0.25) is 0 Å². The van der Waals surface area contributed by atoms with Crippen LogP contribution in [0.15, 0.2) is 24.4 Å². The van der Waals surface area contributed by atoms with Crippen LogP contribution in [0.4, 0.5) is 4.39 Å². The standard InChI is InChI=1S/C8H5FIN/c9-5-2-1-3-7-8(5)6(10)4-11-7/h1-4,11H. The Kier molecular flexibility index (Phi) is 1.60. The third kappa shape index (κ3) is 1.03. The van der Waals surface area contributed by atoms with Crippen LogP contribution in [0.3, 0.4) is 0 Å². The third-order valence-corrected chi connectivity index (χ3v) is 2.46. The number of hydrogen-bond donors (Lipinski definition) is 1. The Hall–Kier alpha value is -0.580. The van der Waals surface area contributed by atoms with Gasteiger partial charge < -0.3 is 4.98 Å². The van der Waals surface area contributed by atoms with Gasteiger partial charge >= 0.3 is 0 Å². The number of rotatable bonds is 0. The smallest absolute Gasteiger partial charge is 0.133 e. The summed E-state index contributed by atoms with van der Waals surface area (Å²) in [6.07, 6.45) is 1.80. The van der Waals surface area contributed by atoms with E-state index >= 15 is 0 Å². The molecule has 3 heteroatoms. The number of aromatic nitrogens is 1. The lowest BCUT2D eigenvalue weighted by atomic mass is 10.2. The van der Waals surface area contributed by atoms with Crippen LogP contribution < -0.4 is 0 Å². The fourth-order valence-corrected chi connectivity index (χ4v) is 1.80. The van der Waals surface area contributed by atoms with Crippen molar-refractivity contribution in [2.24, 2.45) is 0 Å². The highest BCUT2D eigenvalue weighted by Gasteiger charge is 2.04. The first-order chi connectivity index (χ1) is 5.29. The Balaban J connectivity index is 2.96. The van der Waals surface area contributed by atoms with Crippen LogP contribution in [0, 0.1) is 9.39 Å². The molecule has 0 bridgehead atoms. The van der Waals surface area contributed by atoms with E-state index in [2.05, 4.69) is 27.6 Å². The van der Waals surface area contributed by atoms with Gasteiger partial charge in [0.05, 0.1) is 0 Å². The first-order valence-corrected chi connectivity index (χ1v) is 4.28. The number of H-pyrrole nitrogens is 1. The molecular formula is C8H5FIN. The van der Waals surface area contributed by atoms with E-state index in [1.54, 1.807) is 12.3 Å². The zero-order chi connectivity index (χ0) is 7.84. The Labute approximate surface area is 76.7 Å². The molecule has 0 amide bonds. The average Bonchev–Trinajstić information content (AvgIpc) is 2.34. The predicted molar refractivity (Wildman–Crippen MR) is 51.0 cm³/mol. The molecule has 0 aliphatic rings. The van der Waals surface area contributed by atoms with E-state index in [0.29, 0.717) is 5.39 Å². The molecule has 1 nitrogen and oxygen atoms in total. The molecule has 2 aromatic rings. The van der Waals surface area contributed by atoms with Gasteiger partial charge in [0.2, 0.25) is 0 Å². The second kappa shape index (κ2) is 2.48. The molecule has 1 N–H and O–H groups in total. The molecule has 11 heavy (non-hydrogen) atoms. The van der Waals surface area contributed by atoms with Gasteiger partial charge in [0.25, 0.3) is 0 Å². The van der Waals surface area contributed by atoms with Crippen LogP contribution >= 0.6 is 22.6 Å². The van der Waals surface area contributed by atoms with Crippen LogP contribution in [0.25, 0.3) is 10.9 Å². The molecule has 0 fully saturated rings. The molecule has 0 radical (unpaired) electrons. The summed E-state index contributed by atoms with van der Waals surface area (Å²) in [6.45, 7) is 0. The first kappa shape index (κ1) is 7.09. The lowest BCUT2D eigenvalue weighted by Gasteiger charge is -1.90. The van der Waals surface area contributed by atoms with Crippen molar-refractivity contribution >= 4 is 33.5 Å². The lowest BCUT2D eigenvalue weighted by Crippen LogP contribution is -1.75. The second-order valence-electron chi connectivity index (χ2n) is 2.30. The van der Waals surface area contributed by atoms with Crippen molar-refractivity contribution in [3.8, 4) is 0 Å². The van der Waals surface area contributed by atoms with Gasteiger partial charge in [-0.25, -0.2) is 4.39 Å². The summed E-state index contributed by atoms with van der Waals surface area (Å²) in [5.41, 5.74) is 0.856. The average molecular weight is 261 g/mol. The van der Waals surface area contributed by atoms with Gasteiger partial charge in [-0.2, -0.15) is 0 Å². The van der Waals surface area contributed by atoms with Gasteiger partial charge in [-0.15, -0.1) is 0 Å². The molecule has 0 aliphatic carbocycles. The van der Waals surface area contributed by atoms with E-state index in [1.807, 2.05) is 6.07 Å². The fourth-order valence-electron chi connectivity index (χ4n) is 1.10. The topological polar surface area (TPSA) is 15.8 Å². The monoisotopic (exact) mass is 261 g/mol. The summed E-state index contributed by atoms with van der Waals surface area (Å²) in [4.78, 5) is 2.98. The van der Waals surface area contributed by atoms with E-state index in [1.165, 1.54) is 6.07 Å². The molecule has 0 atom stereocenters. The minimum Gasteiger partial charge on any atom is -0.360 e. The minimum atomic E-state index is -0.159. The minimum absolute atomic E-state index is 0.159. The lowest BCUT2D eigenvalue weighted by molar-refractivity contribution is 0.639. The Morgan fingerprint density at radius 2 is 2.18 bits per heavy atom. The van der Waals surface area contributed by atoms with Gasteiger partial charge in [-0.1, -0.05) is 6.07 Å². The first-order valence-electron chi connectivity index (χ1n) is 3.20. The molecule has 0 aliphatic heterocycles. The molecular weight excluding hydrogens is 256 g/mol. The number of fused-ring (bicyclic) bond motifs is 1. The van der Waals surface area contributed by atoms with Crippen molar-refractivity contribution in [2.75, 3.05) is 0 Å².